The molecule has 0 radical (unpaired) electrons. The van der Waals surface area contributed by atoms with Crippen LogP contribution in [0.25, 0.3) is 0 Å². The van der Waals surface area contributed by atoms with E-state index in [2.05, 4.69) is 15.3 Å². The van der Waals surface area contributed by atoms with E-state index in [0.29, 0.717) is 22.2 Å². The number of methoxy groups -OCH3 is 1. The Bertz CT molecular complexity index is 1070. The minimum atomic E-state index is -0.279. The number of aromatic nitrogens is 2. The third-order valence-corrected chi connectivity index (χ3v) is 5.67. The molecule has 1 unspecified atom stereocenters. The van der Waals surface area contributed by atoms with E-state index in [-0.39, 0.29) is 23.9 Å². The number of carbonyl (C=O) groups is 1. The number of aryl methyl sites for hydroxylation is 1. The molecular formula is C23H25N3O3S. The number of aromatic amines is 1. The first kappa shape index (κ1) is 21.6. The van der Waals surface area contributed by atoms with Gasteiger partial charge in [-0.15, -0.1) is 0 Å². The molecule has 7 heteroatoms. The summed E-state index contributed by atoms with van der Waals surface area (Å²) >= 11 is 1.43. The van der Waals surface area contributed by atoms with Crippen molar-refractivity contribution in [3.05, 3.63) is 87.3 Å². The molecule has 1 heterocycles. The van der Waals surface area contributed by atoms with E-state index < -0.39 is 0 Å². The standard InChI is InChI=1S/C23H25N3O3S/c1-15(18-9-5-4-6-10-18)24-21(27)13-20-16(2)25-23(26-22(20)28)30-14-17-8-7-11-19(12-17)29-3/h4-12,15H,13-14H2,1-3H3,(H,24,27)(H,25,26,28). The van der Waals surface area contributed by atoms with Crippen LogP contribution in [0.2, 0.25) is 0 Å². The van der Waals surface area contributed by atoms with Crippen LogP contribution in [0.3, 0.4) is 0 Å². The number of thioether (sulfide) groups is 1. The monoisotopic (exact) mass is 423 g/mol. The Morgan fingerprint density at radius 2 is 1.97 bits per heavy atom. The molecule has 3 rings (SSSR count). The Hall–Kier alpha value is -3.06. The number of ether oxygens (including phenoxy) is 1. The summed E-state index contributed by atoms with van der Waals surface area (Å²) in [5, 5.41) is 3.46. The highest BCUT2D eigenvalue weighted by molar-refractivity contribution is 7.98. The van der Waals surface area contributed by atoms with Gasteiger partial charge in [0.2, 0.25) is 5.91 Å². The Balaban J connectivity index is 1.64. The van der Waals surface area contributed by atoms with Gasteiger partial charge in [0.1, 0.15) is 5.75 Å². The molecule has 0 fully saturated rings. The number of carbonyl (C=O) groups excluding carboxylic acids is 1. The Morgan fingerprint density at radius 1 is 1.20 bits per heavy atom. The van der Waals surface area contributed by atoms with Gasteiger partial charge in [-0.3, -0.25) is 9.59 Å². The number of hydrogen-bond acceptors (Lipinski definition) is 5. The molecule has 1 atom stereocenters. The van der Waals surface area contributed by atoms with Crippen molar-refractivity contribution in [3.63, 3.8) is 0 Å². The van der Waals surface area contributed by atoms with Gasteiger partial charge in [0.15, 0.2) is 5.16 Å². The largest absolute Gasteiger partial charge is 0.497 e. The van der Waals surface area contributed by atoms with E-state index in [9.17, 15) is 9.59 Å². The third-order valence-electron chi connectivity index (χ3n) is 4.72. The van der Waals surface area contributed by atoms with Gasteiger partial charge in [0.05, 0.1) is 19.6 Å². The van der Waals surface area contributed by atoms with E-state index in [4.69, 9.17) is 4.74 Å². The molecule has 1 amide bonds. The first-order chi connectivity index (χ1) is 14.5. The van der Waals surface area contributed by atoms with Crippen molar-refractivity contribution in [1.82, 2.24) is 15.3 Å². The third kappa shape index (κ3) is 5.73. The summed E-state index contributed by atoms with van der Waals surface area (Å²) in [5.74, 6) is 1.23. The highest BCUT2D eigenvalue weighted by atomic mass is 32.2. The molecule has 0 saturated heterocycles. The quantitative estimate of drug-likeness (QED) is 0.425. The summed E-state index contributed by atoms with van der Waals surface area (Å²) in [7, 11) is 1.63. The molecule has 2 aromatic carbocycles. The summed E-state index contributed by atoms with van der Waals surface area (Å²) < 4.78 is 5.23. The van der Waals surface area contributed by atoms with Gasteiger partial charge in [-0.05, 0) is 37.1 Å². The topological polar surface area (TPSA) is 84.1 Å². The second-order valence-electron chi connectivity index (χ2n) is 6.95. The van der Waals surface area contributed by atoms with Crippen molar-refractivity contribution in [2.45, 2.75) is 37.2 Å². The van der Waals surface area contributed by atoms with Crippen LogP contribution in [0.1, 0.15) is 35.3 Å². The van der Waals surface area contributed by atoms with Gasteiger partial charge in [0, 0.05) is 17.0 Å². The number of nitrogens with one attached hydrogen (secondary N) is 2. The van der Waals surface area contributed by atoms with Gasteiger partial charge in [-0.1, -0.05) is 54.2 Å². The molecule has 6 nitrogen and oxygen atoms in total. The smallest absolute Gasteiger partial charge is 0.255 e. The van der Waals surface area contributed by atoms with Crippen LogP contribution in [0.4, 0.5) is 0 Å². The summed E-state index contributed by atoms with van der Waals surface area (Å²) in [4.78, 5) is 32.3. The average Bonchev–Trinajstić information content (AvgIpc) is 2.75. The Morgan fingerprint density at radius 3 is 2.67 bits per heavy atom. The van der Waals surface area contributed by atoms with Crippen LogP contribution in [0.15, 0.2) is 64.5 Å². The number of amides is 1. The van der Waals surface area contributed by atoms with Crippen LogP contribution < -0.4 is 15.6 Å². The maximum absolute atomic E-state index is 12.6. The minimum Gasteiger partial charge on any atom is -0.497 e. The summed E-state index contributed by atoms with van der Waals surface area (Å²) in [5.41, 5.74) is 2.75. The lowest BCUT2D eigenvalue weighted by Gasteiger charge is -2.14. The first-order valence-corrected chi connectivity index (χ1v) is 10.6. The molecule has 0 aliphatic heterocycles. The van der Waals surface area contributed by atoms with E-state index in [1.165, 1.54) is 11.8 Å². The van der Waals surface area contributed by atoms with Crippen LogP contribution in [-0.4, -0.2) is 23.0 Å². The number of hydrogen-bond donors (Lipinski definition) is 2. The van der Waals surface area contributed by atoms with Crippen molar-refractivity contribution in [2.24, 2.45) is 0 Å². The second kappa shape index (κ2) is 10.1. The zero-order chi connectivity index (χ0) is 21.5. The molecule has 0 saturated carbocycles. The van der Waals surface area contributed by atoms with Gasteiger partial charge in [0.25, 0.3) is 5.56 Å². The lowest BCUT2D eigenvalue weighted by atomic mass is 10.1. The zero-order valence-electron chi connectivity index (χ0n) is 17.3. The van der Waals surface area contributed by atoms with Crippen LogP contribution in [0.5, 0.6) is 5.75 Å². The lowest BCUT2D eigenvalue weighted by molar-refractivity contribution is -0.121. The van der Waals surface area contributed by atoms with E-state index >= 15 is 0 Å². The van der Waals surface area contributed by atoms with E-state index in [1.54, 1.807) is 14.0 Å². The molecule has 30 heavy (non-hydrogen) atoms. The van der Waals surface area contributed by atoms with Crippen molar-refractivity contribution < 1.29 is 9.53 Å². The Kier molecular flexibility index (Phi) is 7.30. The van der Waals surface area contributed by atoms with Gasteiger partial charge in [-0.25, -0.2) is 4.98 Å². The number of H-pyrrole nitrogens is 1. The molecule has 2 N–H and O–H groups in total. The fraction of sp³-hybridized carbons (Fsp3) is 0.261. The highest BCUT2D eigenvalue weighted by Gasteiger charge is 2.15. The summed E-state index contributed by atoms with van der Waals surface area (Å²) in [6, 6.07) is 17.3. The zero-order valence-corrected chi connectivity index (χ0v) is 18.1. The van der Waals surface area contributed by atoms with Crippen molar-refractivity contribution in [1.29, 1.82) is 0 Å². The van der Waals surface area contributed by atoms with Crippen molar-refractivity contribution >= 4 is 17.7 Å². The molecule has 3 aromatic rings. The van der Waals surface area contributed by atoms with E-state index in [1.807, 2.05) is 61.5 Å². The lowest BCUT2D eigenvalue weighted by Crippen LogP contribution is -2.31. The molecule has 0 bridgehead atoms. The van der Waals surface area contributed by atoms with Crippen molar-refractivity contribution in [2.75, 3.05) is 7.11 Å². The second-order valence-corrected chi connectivity index (χ2v) is 7.92. The number of nitrogens with zero attached hydrogens (tertiary/aromatic N) is 1. The number of rotatable bonds is 8. The predicted octanol–water partition coefficient (Wildman–Crippen LogP) is 3.80. The highest BCUT2D eigenvalue weighted by Crippen LogP contribution is 2.22. The van der Waals surface area contributed by atoms with Gasteiger partial charge in [-0.2, -0.15) is 0 Å². The SMILES string of the molecule is COc1cccc(CSc2nc(C)c(CC(=O)NC(C)c3ccccc3)c(=O)[nH]2)c1. The van der Waals surface area contributed by atoms with Crippen molar-refractivity contribution in [3.8, 4) is 5.75 Å². The average molecular weight is 424 g/mol. The van der Waals surface area contributed by atoms with Crippen LogP contribution >= 0.6 is 11.8 Å². The Labute approximate surface area is 180 Å². The molecule has 0 aliphatic carbocycles. The predicted molar refractivity (Wildman–Crippen MR) is 119 cm³/mol. The maximum Gasteiger partial charge on any atom is 0.255 e. The molecule has 0 spiro atoms. The van der Waals surface area contributed by atoms with Crippen LogP contribution in [-0.2, 0) is 17.0 Å². The normalized spacial score (nSPS) is 11.7. The number of benzene rings is 2. The molecule has 1 aromatic heterocycles. The molecule has 0 aliphatic rings. The van der Waals surface area contributed by atoms with Crippen LogP contribution in [0, 0.1) is 6.92 Å². The van der Waals surface area contributed by atoms with E-state index in [0.717, 1.165) is 16.9 Å². The minimum absolute atomic E-state index is 0.00777. The summed E-state index contributed by atoms with van der Waals surface area (Å²) in [6.07, 6.45) is -0.00777. The fourth-order valence-corrected chi connectivity index (χ4v) is 3.90. The first-order valence-electron chi connectivity index (χ1n) is 9.66. The van der Waals surface area contributed by atoms with Gasteiger partial charge < -0.3 is 15.0 Å². The molecular weight excluding hydrogens is 398 g/mol. The van der Waals surface area contributed by atoms with Gasteiger partial charge >= 0.3 is 0 Å². The maximum atomic E-state index is 12.6. The molecule has 156 valence electrons. The fourth-order valence-electron chi connectivity index (χ4n) is 3.05. The summed E-state index contributed by atoms with van der Waals surface area (Å²) in [6.45, 7) is 3.68.